The average Bonchev–Trinajstić information content (AvgIpc) is 2.27. The first-order valence-corrected chi connectivity index (χ1v) is 4.87. The van der Waals surface area contributed by atoms with Gasteiger partial charge in [0.15, 0.2) is 18.2 Å². The maximum Gasteiger partial charge on any atom is 0.344 e. The quantitative estimate of drug-likeness (QED) is 0.459. The first kappa shape index (κ1) is 13.8. The summed E-state index contributed by atoms with van der Waals surface area (Å²) >= 11 is 0. The molecule has 0 fully saturated rings. The maximum atomic E-state index is 13.2. The summed E-state index contributed by atoms with van der Waals surface area (Å²) in [6.45, 7) is 1.07. The van der Waals surface area contributed by atoms with Crippen molar-refractivity contribution < 1.29 is 28.0 Å². The van der Waals surface area contributed by atoms with Crippen molar-refractivity contribution in [2.24, 2.45) is 0 Å². The molecule has 0 atom stereocenters. The summed E-state index contributed by atoms with van der Waals surface area (Å²) in [6.07, 6.45) is 0. The Hall–Kier alpha value is -2.25. The van der Waals surface area contributed by atoms with Crippen LogP contribution >= 0.6 is 0 Å². The summed E-state index contributed by atoms with van der Waals surface area (Å²) in [7, 11) is 0. The molecule has 0 bridgehead atoms. The first-order valence-electron chi connectivity index (χ1n) is 4.87. The molecule has 0 saturated heterocycles. The highest BCUT2D eigenvalue weighted by Gasteiger charge is 2.20. The van der Waals surface area contributed by atoms with E-state index in [1.807, 2.05) is 0 Å². The number of halogens is 2. The van der Waals surface area contributed by atoms with Crippen LogP contribution in [-0.4, -0.2) is 24.1 Å². The molecule has 0 saturated carbocycles. The molecule has 0 radical (unpaired) electrons. The molecule has 0 aliphatic heterocycles. The molecule has 18 heavy (non-hydrogen) atoms. The molecular weight excluding hydrogens is 252 g/mol. The van der Waals surface area contributed by atoms with E-state index in [2.05, 4.69) is 9.47 Å². The van der Waals surface area contributed by atoms with Crippen molar-refractivity contribution in [1.29, 1.82) is 0 Å². The van der Waals surface area contributed by atoms with Gasteiger partial charge in [-0.15, -0.1) is 0 Å². The van der Waals surface area contributed by atoms with Crippen molar-refractivity contribution in [2.45, 2.75) is 6.92 Å². The predicted octanol–water partition coefficient (Wildman–Crippen LogP) is 1.81. The molecule has 0 heterocycles. The van der Waals surface area contributed by atoms with Gasteiger partial charge in [0.1, 0.15) is 0 Å². The number of nitrogens with zero attached hydrogens (tertiary/aromatic N) is 1. The molecule has 0 unspecified atom stereocenters. The second-order valence-electron chi connectivity index (χ2n) is 3.08. The fourth-order valence-corrected chi connectivity index (χ4v) is 1.11. The van der Waals surface area contributed by atoms with Crippen LogP contribution in [-0.2, 0) is 9.53 Å². The second-order valence-corrected chi connectivity index (χ2v) is 3.08. The number of hydrogen-bond acceptors (Lipinski definition) is 5. The van der Waals surface area contributed by atoms with Gasteiger partial charge in [0.2, 0.25) is 5.82 Å². The molecule has 1 aromatic rings. The molecule has 0 aliphatic carbocycles. The third-order valence-electron chi connectivity index (χ3n) is 1.85. The van der Waals surface area contributed by atoms with Gasteiger partial charge in [-0.3, -0.25) is 10.1 Å². The summed E-state index contributed by atoms with van der Waals surface area (Å²) in [5.41, 5.74) is -0.935. The molecule has 0 aliphatic rings. The number of nitro benzene ring substituents is 1. The molecule has 98 valence electrons. The van der Waals surface area contributed by atoms with Crippen LogP contribution in [0.25, 0.3) is 0 Å². The zero-order chi connectivity index (χ0) is 13.7. The summed E-state index contributed by atoms with van der Waals surface area (Å²) in [5, 5.41) is 10.4. The van der Waals surface area contributed by atoms with Gasteiger partial charge in [-0.05, 0) is 6.92 Å². The number of ether oxygens (including phenoxy) is 2. The Kier molecular flexibility index (Phi) is 4.52. The van der Waals surface area contributed by atoms with Crippen LogP contribution in [0.3, 0.4) is 0 Å². The molecular formula is C10H9F2NO5. The summed E-state index contributed by atoms with van der Waals surface area (Å²) in [5.74, 6) is -3.80. The van der Waals surface area contributed by atoms with Crippen LogP contribution in [0.15, 0.2) is 12.1 Å². The van der Waals surface area contributed by atoms with E-state index in [0.29, 0.717) is 12.1 Å². The normalized spacial score (nSPS) is 9.94. The lowest BCUT2D eigenvalue weighted by molar-refractivity contribution is -0.387. The molecule has 8 heteroatoms. The Morgan fingerprint density at radius 3 is 2.61 bits per heavy atom. The zero-order valence-electron chi connectivity index (χ0n) is 9.31. The van der Waals surface area contributed by atoms with Crippen molar-refractivity contribution >= 4 is 11.7 Å². The maximum absolute atomic E-state index is 13.2. The fourth-order valence-electron chi connectivity index (χ4n) is 1.11. The smallest absolute Gasteiger partial charge is 0.344 e. The van der Waals surface area contributed by atoms with Gasteiger partial charge in [-0.2, -0.15) is 4.39 Å². The zero-order valence-corrected chi connectivity index (χ0v) is 9.31. The summed E-state index contributed by atoms with van der Waals surface area (Å²) < 4.78 is 35.3. The average molecular weight is 261 g/mol. The van der Waals surface area contributed by atoms with E-state index >= 15 is 0 Å². The van der Waals surface area contributed by atoms with Crippen LogP contribution < -0.4 is 4.74 Å². The van der Waals surface area contributed by atoms with Crippen molar-refractivity contribution in [2.75, 3.05) is 13.2 Å². The topological polar surface area (TPSA) is 78.7 Å². The first-order chi connectivity index (χ1) is 8.45. The third kappa shape index (κ3) is 3.37. The van der Waals surface area contributed by atoms with Crippen molar-refractivity contribution in [1.82, 2.24) is 0 Å². The Bertz CT molecular complexity index is 478. The van der Waals surface area contributed by atoms with E-state index in [1.165, 1.54) is 0 Å². The van der Waals surface area contributed by atoms with E-state index in [9.17, 15) is 23.7 Å². The van der Waals surface area contributed by atoms with Crippen LogP contribution in [0.2, 0.25) is 0 Å². The minimum absolute atomic E-state index is 0.119. The predicted molar refractivity (Wildman–Crippen MR) is 55.1 cm³/mol. The third-order valence-corrected chi connectivity index (χ3v) is 1.85. The monoisotopic (exact) mass is 261 g/mol. The van der Waals surface area contributed by atoms with E-state index in [0.717, 1.165) is 0 Å². The number of carbonyl (C=O) groups is 1. The van der Waals surface area contributed by atoms with Gasteiger partial charge in [0.25, 0.3) is 0 Å². The lowest BCUT2D eigenvalue weighted by atomic mass is 10.3. The number of hydrogen-bond donors (Lipinski definition) is 0. The highest BCUT2D eigenvalue weighted by atomic mass is 19.1. The molecule has 6 nitrogen and oxygen atoms in total. The molecule has 1 rings (SSSR count). The van der Waals surface area contributed by atoms with Crippen molar-refractivity contribution in [3.63, 3.8) is 0 Å². The molecule has 0 N–H and O–H groups in total. The van der Waals surface area contributed by atoms with Crippen molar-refractivity contribution in [3.05, 3.63) is 33.9 Å². The van der Waals surface area contributed by atoms with Gasteiger partial charge < -0.3 is 9.47 Å². The Morgan fingerprint density at radius 2 is 2.06 bits per heavy atom. The lowest BCUT2D eigenvalue weighted by Gasteiger charge is -2.06. The minimum atomic E-state index is -1.32. The summed E-state index contributed by atoms with van der Waals surface area (Å²) in [6, 6.07) is 0.891. The van der Waals surface area contributed by atoms with Gasteiger partial charge in [0.05, 0.1) is 17.6 Å². The van der Waals surface area contributed by atoms with Crippen LogP contribution in [0.1, 0.15) is 6.92 Å². The van der Waals surface area contributed by atoms with Gasteiger partial charge in [-0.25, -0.2) is 9.18 Å². The molecule has 0 spiro atoms. The van der Waals surface area contributed by atoms with Crippen LogP contribution in [0.5, 0.6) is 5.75 Å². The lowest BCUT2D eigenvalue weighted by Crippen LogP contribution is -2.15. The number of rotatable bonds is 5. The SMILES string of the molecule is CCOC(=O)COc1cc([N+](=O)[O-])c(F)cc1F. The standard InChI is InChI=1S/C10H9F2NO5/c1-2-17-10(14)5-18-9-4-8(13(15)16)6(11)3-7(9)12/h3-4H,2,5H2,1H3. The van der Waals surface area contributed by atoms with Crippen LogP contribution in [0, 0.1) is 21.7 Å². The summed E-state index contributed by atoms with van der Waals surface area (Å²) in [4.78, 5) is 20.3. The number of benzene rings is 1. The van der Waals surface area contributed by atoms with Crippen molar-refractivity contribution in [3.8, 4) is 5.75 Å². The number of nitro groups is 1. The second kappa shape index (κ2) is 5.89. The van der Waals surface area contributed by atoms with E-state index < -0.39 is 40.6 Å². The Balaban J connectivity index is 2.86. The van der Waals surface area contributed by atoms with E-state index in [1.54, 1.807) is 6.92 Å². The van der Waals surface area contributed by atoms with Gasteiger partial charge >= 0.3 is 11.7 Å². The van der Waals surface area contributed by atoms with E-state index in [-0.39, 0.29) is 6.61 Å². The van der Waals surface area contributed by atoms with Gasteiger partial charge in [-0.1, -0.05) is 0 Å². The molecule has 0 aromatic heterocycles. The van der Waals surface area contributed by atoms with Crippen LogP contribution in [0.4, 0.5) is 14.5 Å². The largest absolute Gasteiger partial charge is 0.479 e. The Labute approximate surface area is 100 Å². The van der Waals surface area contributed by atoms with Gasteiger partial charge in [0, 0.05) is 6.07 Å². The number of carbonyl (C=O) groups excluding carboxylic acids is 1. The Morgan fingerprint density at radius 1 is 1.39 bits per heavy atom. The minimum Gasteiger partial charge on any atom is -0.479 e. The fraction of sp³-hybridized carbons (Fsp3) is 0.300. The highest BCUT2D eigenvalue weighted by molar-refractivity contribution is 5.71. The number of esters is 1. The van der Waals surface area contributed by atoms with E-state index in [4.69, 9.17) is 0 Å². The highest BCUT2D eigenvalue weighted by Crippen LogP contribution is 2.26. The molecule has 0 amide bonds. The molecule has 1 aromatic carbocycles.